The molecule has 1 aromatic carbocycles. The minimum Gasteiger partial charge on any atom is -0.321 e. The fraction of sp³-hybridized carbons (Fsp3) is 0.312. The predicted octanol–water partition coefficient (Wildman–Crippen LogP) is 5.37. The van der Waals surface area contributed by atoms with Crippen LogP contribution in [0.4, 0.5) is 5.69 Å². The highest BCUT2D eigenvalue weighted by Crippen LogP contribution is 2.31. The van der Waals surface area contributed by atoms with Gasteiger partial charge in [0.2, 0.25) is 0 Å². The first-order valence-corrected chi connectivity index (χ1v) is 8.07. The molecule has 1 amide bonds. The standard InChI is InChI=1S/C16H18BrNOS/c1-10-9-13(20-14(10)17)15(19)18-12-8-6-5-7-11(12)16(2,3)4/h5-9H,1-4H3,(H,18,19). The zero-order valence-corrected chi connectivity index (χ0v) is 14.5. The maximum Gasteiger partial charge on any atom is 0.265 e. The highest BCUT2D eigenvalue weighted by Gasteiger charge is 2.19. The molecule has 2 nitrogen and oxygen atoms in total. The van der Waals surface area contributed by atoms with Crippen LogP contribution in [0.25, 0.3) is 0 Å². The van der Waals surface area contributed by atoms with E-state index in [1.165, 1.54) is 11.3 Å². The lowest BCUT2D eigenvalue weighted by Gasteiger charge is -2.22. The molecule has 1 aromatic heterocycles. The van der Waals surface area contributed by atoms with Crippen LogP contribution in [0.1, 0.15) is 41.6 Å². The number of halogens is 1. The van der Waals surface area contributed by atoms with E-state index in [9.17, 15) is 4.79 Å². The molecule has 0 aliphatic rings. The molecule has 0 bridgehead atoms. The topological polar surface area (TPSA) is 29.1 Å². The first-order valence-electron chi connectivity index (χ1n) is 6.46. The monoisotopic (exact) mass is 351 g/mol. The number of carbonyl (C=O) groups is 1. The Morgan fingerprint density at radius 3 is 2.45 bits per heavy atom. The Labute approximate surface area is 132 Å². The largest absolute Gasteiger partial charge is 0.321 e. The average molecular weight is 352 g/mol. The molecule has 20 heavy (non-hydrogen) atoms. The molecule has 2 rings (SSSR count). The molecule has 0 fully saturated rings. The van der Waals surface area contributed by atoms with E-state index in [2.05, 4.69) is 48.1 Å². The zero-order chi connectivity index (χ0) is 14.9. The maximum atomic E-state index is 12.3. The normalized spacial score (nSPS) is 11.4. The van der Waals surface area contributed by atoms with E-state index in [4.69, 9.17) is 0 Å². The van der Waals surface area contributed by atoms with Crippen molar-refractivity contribution in [2.24, 2.45) is 0 Å². The second-order valence-electron chi connectivity index (χ2n) is 5.82. The van der Waals surface area contributed by atoms with Crippen LogP contribution in [0, 0.1) is 6.92 Å². The van der Waals surface area contributed by atoms with Crippen LogP contribution < -0.4 is 5.32 Å². The van der Waals surface area contributed by atoms with Crippen molar-refractivity contribution in [1.29, 1.82) is 0 Å². The summed E-state index contributed by atoms with van der Waals surface area (Å²) < 4.78 is 1.01. The molecule has 0 spiro atoms. The molecule has 0 aliphatic carbocycles. The Hall–Kier alpha value is -1.13. The van der Waals surface area contributed by atoms with Gasteiger partial charge in [0, 0.05) is 5.69 Å². The third-order valence-corrected chi connectivity index (χ3v) is 5.20. The summed E-state index contributed by atoms with van der Waals surface area (Å²) in [4.78, 5) is 13.1. The van der Waals surface area contributed by atoms with Crippen molar-refractivity contribution in [3.63, 3.8) is 0 Å². The van der Waals surface area contributed by atoms with Crippen molar-refractivity contribution in [1.82, 2.24) is 0 Å². The molecule has 0 saturated heterocycles. The van der Waals surface area contributed by atoms with Gasteiger partial charge in [-0.05, 0) is 51.5 Å². The number of para-hydroxylation sites is 1. The zero-order valence-electron chi connectivity index (χ0n) is 12.1. The molecule has 4 heteroatoms. The Kier molecular flexibility index (Phi) is 4.35. The molecule has 0 saturated carbocycles. The fourth-order valence-corrected chi connectivity index (χ4v) is 3.43. The van der Waals surface area contributed by atoms with Gasteiger partial charge >= 0.3 is 0 Å². The summed E-state index contributed by atoms with van der Waals surface area (Å²) in [6, 6.07) is 9.87. The number of thiophene rings is 1. The van der Waals surface area contributed by atoms with E-state index >= 15 is 0 Å². The summed E-state index contributed by atoms with van der Waals surface area (Å²) >= 11 is 4.91. The minimum absolute atomic E-state index is 0.00414. The van der Waals surface area contributed by atoms with Gasteiger partial charge in [-0.25, -0.2) is 0 Å². The van der Waals surface area contributed by atoms with E-state index in [-0.39, 0.29) is 11.3 Å². The van der Waals surface area contributed by atoms with Gasteiger partial charge in [-0.1, -0.05) is 39.0 Å². The first-order chi connectivity index (χ1) is 9.29. The van der Waals surface area contributed by atoms with E-state index in [1.807, 2.05) is 31.2 Å². The summed E-state index contributed by atoms with van der Waals surface area (Å²) in [5.74, 6) is -0.0551. The summed E-state index contributed by atoms with van der Waals surface area (Å²) in [5, 5.41) is 3.02. The summed E-state index contributed by atoms with van der Waals surface area (Å²) in [6.45, 7) is 8.41. The number of carbonyl (C=O) groups excluding carboxylic acids is 1. The number of rotatable bonds is 2. The minimum atomic E-state index is -0.0551. The molecule has 0 aliphatic heterocycles. The van der Waals surface area contributed by atoms with Crippen LogP contribution in [-0.4, -0.2) is 5.91 Å². The van der Waals surface area contributed by atoms with Gasteiger partial charge in [0.05, 0.1) is 8.66 Å². The van der Waals surface area contributed by atoms with E-state index in [1.54, 1.807) is 0 Å². The number of benzene rings is 1. The number of hydrogen-bond donors (Lipinski definition) is 1. The van der Waals surface area contributed by atoms with Gasteiger partial charge in [-0.2, -0.15) is 0 Å². The Balaban J connectivity index is 2.29. The van der Waals surface area contributed by atoms with Crippen LogP contribution in [0.5, 0.6) is 0 Å². The quantitative estimate of drug-likeness (QED) is 0.774. The smallest absolute Gasteiger partial charge is 0.265 e. The second-order valence-corrected chi connectivity index (χ2v) is 8.19. The molecule has 0 radical (unpaired) electrons. The number of aryl methyl sites for hydroxylation is 1. The number of nitrogens with one attached hydrogen (secondary N) is 1. The lowest BCUT2D eigenvalue weighted by molar-refractivity contribution is 0.103. The van der Waals surface area contributed by atoms with Crippen molar-refractivity contribution in [2.45, 2.75) is 33.1 Å². The second kappa shape index (κ2) is 5.70. The van der Waals surface area contributed by atoms with Crippen LogP contribution >= 0.6 is 27.3 Å². The van der Waals surface area contributed by atoms with Crippen molar-refractivity contribution < 1.29 is 4.79 Å². The molecular formula is C16H18BrNOS. The van der Waals surface area contributed by atoms with Crippen molar-refractivity contribution in [2.75, 3.05) is 5.32 Å². The van der Waals surface area contributed by atoms with Gasteiger partial charge in [-0.3, -0.25) is 4.79 Å². The third-order valence-electron chi connectivity index (χ3n) is 3.06. The number of anilines is 1. The lowest BCUT2D eigenvalue weighted by atomic mass is 9.86. The summed E-state index contributed by atoms with van der Waals surface area (Å²) in [7, 11) is 0. The lowest BCUT2D eigenvalue weighted by Crippen LogP contribution is -2.18. The van der Waals surface area contributed by atoms with Gasteiger partial charge in [0.25, 0.3) is 5.91 Å². The fourth-order valence-electron chi connectivity index (χ4n) is 2.00. The predicted molar refractivity (Wildman–Crippen MR) is 89.9 cm³/mol. The Morgan fingerprint density at radius 2 is 1.90 bits per heavy atom. The molecular weight excluding hydrogens is 334 g/mol. The first kappa shape index (κ1) is 15.3. The van der Waals surface area contributed by atoms with Crippen molar-refractivity contribution >= 4 is 38.9 Å². The van der Waals surface area contributed by atoms with E-state index in [0.717, 1.165) is 25.5 Å². The van der Waals surface area contributed by atoms with Gasteiger partial charge < -0.3 is 5.32 Å². The van der Waals surface area contributed by atoms with Crippen molar-refractivity contribution in [3.8, 4) is 0 Å². The SMILES string of the molecule is Cc1cc(C(=O)Nc2ccccc2C(C)(C)C)sc1Br. The molecule has 2 aromatic rings. The van der Waals surface area contributed by atoms with Gasteiger partial charge in [0.1, 0.15) is 0 Å². The number of amides is 1. The highest BCUT2D eigenvalue weighted by molar-refractivity contribution is 9.11. The van der Waals surface area contributed by atoms with Crippen molar-refractivity contribution in [3.05, 3.63) is 50.1 Å². The molecule has 1 N–H and O–H groups in total. The Morgan fingerprint density at radius 1 is 1.25 bits per heavy atom. The van der Waals surface area contributed by atoms with Gasteiger partial charge in [-0.15, -0.1) is 11.3 Å². The number of hydrogen-bond acceptors (Lipinski definition) is 2. The van der Waals surface area contributed by atoms with Gasteiger partial charge in [0.15, 0.2) is 0 Å². The van der Waals surface area contributed by atoms with Crippen LogP contribution in [0.3, 0.4) is 0 Å². The van der Waals surface area contributed by atoms with E-state index < -0.39 is 0 Å². The molecule has 1 heterocycles. The average Bonchev–Trinajstić information content (AvgIpc) is 2.69. The summed E-state index contributed by atoms with van der Waals surface area (Å²) in [6.07, 6.45) is 0. The van der Waals surface area contributed by atoms with Crippen LogP contribution in [0.15, 0.2) is 34.1 Å². The molecule has 0 unspecified atom stereocenters. The molecule has 106 valence electrons. The molecule has 0 atom stereocenters. The van der Waals surface area contributed by atoms with Crippen LogP contribution in [0.2, 0.25) is 0 Å². The highest BCUT2D eigenvalue weighted by atomic mass is 79.9. The Bertz CT molecular complexity index is 621. The maximum absolute atomic E-state index is 12.3. The van der Waals surface area contributed by atoms with Crippen LogP contribution in [-0.2, 0) is 5.41 Å². The van der Waals surface area contributed by atoms with E-state index in [0.29, 0.717) is 0 Å². The third kappa shape index (κ3) is 3.30. The summed E-state index contributed by atoms with van der Waals surface area (Å²) in [5.41, 5.74) is 3.10.